The van der Waals surface area contributed by atoms with E-state index in [4.69, 9.17) is 5.11 Å². The first-order chi connectivity index (χ1) is 7.56. The van der Waals surface area contributed by atoms with Gasteiger partial charge in [0.15, 0.2) is 0 Å². The van der Waals surface area contributed by atoms with Gasteiger partial charge in [-0.25, -0.2) is 4.79 Å². The maximum Gasteiger partial charge on any atom is 0.317 e. The highest BCUT2D eigenvalue weighted by Gasteiger charge is 2.32. The van der Waals surface area contributed by atoms with Gasteiger partial charge in [-0.05, 0) is 19.8 Å². The average Bonchev–Trinajstić information content (AvgIpc) is 2.28. The first kappa shape index (κ1) is 12.8. The van der Waals surface area contributed by atoms with E-state index in [2.05, 4.69) is 5.32 Å². The van der Waals surface area contributed by atoms with Crippen LogP contribution >= 0.6 is 0 Å². The molecule has 1 saturated carbocycles. The molecule has 0 aliphatic heterocycles. The number of nitrogens with zero attached hydrogens (tertiary/aromatic N) is 1. The van der Waals surface area contributed by atoms with Crippen molar-refractivity contribution in [2.45, 2.75) is 38.6 Å². The van der Waals surface area contributed by atoms with Gasteiger partial charge in [0, 0.05) is 19.6 Å². The van der Waals surface area contributed by atoms with Crippen LogP contribution in [0.1, 0.15) is 32.6 Å². The van der Waals surface area contributed by atoms with Crippen molar-refractivity contribution in [1.29, 1.82) is 0 Å². The molecule has 0 spiro atoms. The Hall–Kier alpha value is -1.26. The van der Waals surface area contributed by atoms with Crippen LogP contribution in [0.15, 0.2) is 0 Å². The predicted molar refractivity (Wildman–Crippen MR) is 60.2 cm³/mol. The van der Waals surface area contributed by atoms with Crippen molar-refractivity contribution in [2.75, 3.05) is 13.6 Å². The monoisotopic (exact) mass is 228 g/mol. The summed E-state index contributed by atoms with van der Waals surface area (Å²) in [6.07, 6.45) is 3.36. The molecular weight excluding hydrogens is 208 g/mol. The van der Waals surface area contributed by atoms with Crippen LogP contribution in [0.25, 0.3) is 0 Å². The van der Waals surface area contributed by atoms with Crippen molar-refractivity contribution in [2.24, 2.45) is 5.92 Å². The Morgan fingerprint density at radius 2 is 2.00 bits per heavy atom. The van der Waals surface area contributed by atoms with Gasteiger partial charge in [0.2, 0.25) is 0 Å². The standard InChI is InChI=1S/C11H20N2O3/c1-3-13(2)11(16)12-9-7-5-4-6-8(9)10(14)15/h8-9H,3-7H2,1-2H3,(H,12,16)(H,14,15). The minimum absolute atomic E-state index is 0.180. The van der Waals surface area contributed by atoms with E-state index in [-0.39, 0.29) is 12.1 Å². The second-order valence-corrected chi connectivity index (χ2v) is 4.30. The highest BCUT2D eigenvalue weighted by Crippen LogP contribution is 2.24. The molecule has 0 aromatic rings. The van der Waals surface area contributed by atoms with Gasteiger partial charge in [-0.1, -0.05) is 12.8 Å². The van der Waals surface area contributed by atoms with Crippen LogP contribution < -0.4 is 5.32 Å². The van der Waals surface area contributed by atoms with Gasteiger partial charge < -0.3 is 15.3 Å². The number of rotatable bonds is 3. The van der Waals surface area contributed by atoms with E-state index in [0.29, 0.717) is 13.0 Å². The van der Waals surface area contributed by atoms with Crippen LogP contribution in [0.4, 0.5) is 4.79 Å². The molecule has 1 rings (SSSR count). The number of aliphatic carboxylic acids is 1. The van der Waals surface area contributed by atoms with Crippen molar-refractivity contribution in [3.8, 4) is 0 Å². The molecule has 0 radical (unpaired) electrons. The lowest BCUT2D eigenvalue weighted by molar-refractivity contribution is -0.143. The van der Waals surface area contributed by atoms with E-state index in [1.807, 2.05) is 6.92 Å². The van der Waals surface area contributed by atoms with Gasteiger partial charge in [0.05, 0.1) is 5.92 Å². The Morgan fingerprint density at radius 1 is 1.38 bits per heavy atom. The molecule has 16 heavy (non-hydrogen) atoms. The molecule has 1 aliphatic rings. The molecule has 0 aromatic carbocycles. The van der Waals surface area contributed by atoms with Crippen molar-refractivity contribution in [3.05, 3.63) is 0 Å². The molecule has 2 N–H and O–H groups in total. The molecule has 2 atom stereocenters. The lowest BCUT2D eigenvalue weighted by atomic mass is 9.84. The van der Waals surface area contributed by atoms with E-state index in [0.717, 1.165) is 19.3 Å². The molecule has 0 bridgehead atoms. The first-order valence-corrected chi connectivity index (χ1v) is 5.80. The van der Waals surface area contributed by atoms with E-state index >= 15 is 0 Å². The van der Waals surface area contributed by atoms with E-state index in [1.165, 1.54) is 0 Å². The van der Waals surface area contributed by atoms with Crippen molar-refractivity contribution in [3.63, 3.8) is 0 Å². The molecule has 1 fully saturated rings. The predicted octanol–water partition coefficient (Wildman–Crippen LogP) is 1.29. The Morgan fingerprint density at radius 3 is 2.56 bits per heavy atom. The van der Waals surface area contributed by atoms with Crippen LogP contribution in [0, 0.1) is 5.92 Å². The summed E-state index contributed by atoms with van der Waals surface area (Å²) >= 11 is 0. The molecule has 2 amide bonds. The van der Waals surface area contributed by atoms with Crippen molar-refractivity contribution < 1.29 is 14.7 Å². The summed E-state index contributed by atoms with van der Waals surface area (Å²) in [5, 5.41) is 11.9. The smallest absolute Gasteiger partial charge is 0.317 e. The summed E-state index contributed by atoms with van der Waals surface area (Å²) in [6, 6.07) is -0.395. The summed E-state index contributed by atoms with van der Waals surface area (Å²) in [5.74, 6) is -1.23. The highest BCUT2D eigenvalue weighted by molar-refractivity contribution is 5.76. The highest BCUT2D eigenvalue weighted by atomic mass is 16.4. The number of nitrogens with one attached hydrogen (secondary N) is 1. The largest absolute Gasteiger partial charge is 0.481 e. The molecule has 2 unspecified atom stereocenters. The third kappa shape index (κ3) is 3.12. The van der Waals surface area contributed by atoms with Crippen LogP contribution in [-0.4, -0.2) is 41.6 Å². The van der Waals surface area contributed by atoms with E-state index in [9.17, 15) is 9.59 Å². The molecule has 1 aliphatic carbocycles. The molecule has 92 valence electrons. The molecule has 0 heterocycles. The summed E-state index contributed by atoms with van der Waals surface area (Å²) in [5.41, 5.74) is 0. The summed E-state index contributed by atoms with van der Waals surface area (Å²) in [7, 11) is 1.70. The number of carboxylic acid groups (broad SMARTS) is 1. The molecule has 0 aromatic heterocycles. The fraction of sp³-hybridized carbons (Fsp3) is 0.818. The number of amides is 2. The lowest BCUT2D eigenvalue weighted by Crippen LogP contribution is -2.49. The minimum Gasteiger partial charge on any atom is -0.481 e. The Kier molecular flexibility index (Phi) is 4.58. The van der Waals surface area contributed by atoms with Gasteiger partial charge in [-0.3, -0.25) is 4.79 Å². The summed E-state index contributed by atoms with van der Waals surface area (Å²) in [6.45, 7) is 2.51. The number of carboxylic acids is 1. The van der Waals surface area contributed by atoms with Gasteiger partial charge in [-0.15, -0.1) is 0 Å². The Labute approximate surface area is 95.8 Å². The van der Waals surface area contributed by atoms with Gasteiger partial charge in [-0.2, -0.15) is 0 Å². The van der Waals surface area contributed by atoms with Gasteiger partial charge >= 0.3 is 12.0 Å². The number of carbonyl (C=O) groups excluding carboxylic acids is 1. The maximum absolute atomic E-state index is 11.6. The Balaban J connectivity index is 2.56. The average molecular weight is 228 g/mol. The number of hydrogen-bond donors (Lipinski definition) is 2. The van der Waals surface area contributed by atoms with E-state index < -0.39 is 11.9 Å². The lowest BCUT2D eigenvalue weighted by Gasteiger charge is -2.30. The second-order valence-electron chi connectivity index (χ2n) is 4.30. The first-order valence-electron chi connectivity index (χ1n) is 5.80. The zero-order valence-corrected chi connectivity index (χ0v) is 9.90. The maximum atomic E-state index is 11.6. The van der Waals surface area contributed by atoms with Crippen LogP contribution in [-0.2, 0) is 4.79 Å². The zero-order chi connectivity index (χ0) is 12.1. The van der Waals surface area contributed by atoms with Crippen LogP contribution in [0.2, 0.25) is 0 Å². The van der Waals surface area contributed by atoms with Gasteiger partial charge in [0.25, 0.3) is 0 Å². The normalized spacial score (nSPS) is 24.9. The van der Waals surface area contributed by atoms with Gasteiger partial charge in [0.1, 0.15) is 0 Å². The van der Waals surface area contributed by atoms with E-state index in [1.54, 1.807) is 11.9 Å². The minimum atomic E-state index is -0.802. The third-order valence-electron chi connectivity index (χ3n) is 3.21. The Bertz CT molecular complexity index is 268. The molecular formula is C11H20N2O3. The molecule has 5 nitrogen and oxygen atoms in total. The fourth-order valence-electron chi connectivity index (χ4n) is 2.01. The van der Waals surface area contributed by atoms with Crippen molar-refractivity contribution >= 4 is 12.0 Å². The topological polar surface area (TPSA) is 69.6 Å². The fourth-order valence-corrected chi connectivity index (χ4v) is 2.01. The summed E-state index contributed by atoms with van der Waals surface area (Å²) < 4.78 is 0. The quantitative estimate of drug-likeness (QED) is 0.764. The molecule has 0 saturated heterocycles. The number of urea groups is 1. The number of hydrogen-bond acceptors (Lipinski definition) is 2. The number of carbonyl (C=O) groups is 2. The summed E-state index contributed by atoms with van der Waals surface area (Å²) in [4.78, 5) is 24.2. The molecule has 5 heteroatoms. The second kappa shape index (κ2) is 5.72. The van der Waals surface area contributed by atoms with Crippen LogP contribution in [0.5, 0.6) is 0 Å². The van der Waals surface area contributed by atoms with Crippen LogP contribution in [0.3, 0.4) is 0 Å². The SMILES string of the molecule is CCN(C)C(=O)NC1CCCCC1C(=O)O. The third-order valence-corrected chi connectivity index (χ3v) is 3.21. The zero-order valence-electron chi connectivity index (χ0n) is 9.90. The van der Waals surface area contributed by atoms with Crippen molar-refractivity contribution in [1.82, 2.24) is 10.2 Å².